The van der Waals surface area contributed by atoms with Crippen molar-refractivity contribution in [2.45, 2.75) is 0 Å². The quantitative estimate of drug-likeness (QED) is 0.804. The van der Waals surface area contributed by atoms with Gasteiger partial charge in [-0.25, -0.2) is 4.39 Å². The molecular weight excluding hydrogens is 346 g/mol. The minimum Gasteiger partial charge on any atom is -0.366 e. The van der Waals surface area contributed by atoms with E-state index in [9.17, 15) is 9.18 Å². The van der Waals surface area contributed by atoms with Crippen molar-refractivity contribution in [2.24, 2.45) is 0 Å². The smallest absolute Gasteiger partial charge is 0.256 e. The molecule has 116 valence electrons. The first-order chi connectivity index (χ1) is 10.6. The van der Waals surface area contributed by atoms with Gasteiger partial charge in [0.1, 0.15) is 10.2 Å². The van der Waals surface area contributed by atoms with Crippen molar-refractivity contribution in [1.29, 1.82) is 0 Å². The lowest BCUT2D eigenvalue weighted by Crippen LogP contribution is -2.49. The van der Waals surface area contributed by atoms with E-state index in [1.54, 1.807) is 23.1 Å². The third-order valence-corrected chi connectivity index (χ3v) is 5.13. The Kier molecular flexibility index (Phi) is 4.57. The number of hydrogen-bond donors (Lipinski definition) is 0. The van der Waals surface area contributed by atoms with Gasteiger partial charge in [0, 0.05) is 26.2 Å². The highest BCUT2D eigenvalue weighted by atomic mass is 35.5. The summed E-state index contributed by atoms with van der Waals surface area (Å²) in [7, 11) is 0. The van der Waals surface area contributed by atoms with Gasteiger partial charge in [0.05, 0.1) is 15.6 Å². The highest BCUT2D eigenvalue weighted by Crippen LogP contribution is 2.32. The Morgan fingerprint density at radius 2 is 1.82 bits per heavy atom. The van der Waals surface area contributed by atoms with Crippen LogP contribution in [0.1, 0.15) is 10.4 Å². The molecule has 0 bridgehead atoms. The fourth-order valence-electron chi connectivity index (χ4n) is 2.52. The van der Waals surface area contributed by atoms with E-state index in [2.05, 4.69) is 0 Å². The summed E-state index contributed by atoms with van der Waals surface area (Å²) in [6.07, 6.45) is 0. The number of anilines is 1. The van der Waals surface area contributed by atoms with Crippen LogP contribution in [0.2, 0.25) is 8.67 Å². The van der Waals surface area contributed by atoms with E-state index >= 15 is 0 Å². The first-order valence-electron chi connectivity index (χ1n) is 6.80. The summed E-state index contributed by atoms with van der Waals surface area (Å²) in [6.45, 7) is 2.22. The molecule has 1 saturated heterocycles. The van der Waals surface area contributed by atoms with E-state index in [4.69, 9.17) is 23.2 Å². The van der Waals surface area contributed by atoms with Gasteiger partial charge in [-0.1, -0.05) is 35.3 Å². The standard InChI is InChI=1S/C15H13Cl2FN2OS/c16-13-9-10(14(17)22-13)15(21)20-7-5-19(6-8-20)12-4-2-1-3-11(12)18/h1-4,9H,5-8H2. The average molecular weight is 359 g/mol. The number of benzene rings is 1. The first-order valence-corrected chi connectivity index (χ1v) is 8.37. The average Bonchev–Trinajstić information content (AvgIpc) is 2.86. The Balaban J connectivity index is 1.68. The summed E-state index contributed by atoms with van der Waals surface area (Å²) in [5.41, 5.74) is 1.02. The summed E-state index contributed by atoms with van der Waals surface area (Å²) in [4.78, 5) is 16.1. The van der Waals surface area contributed by atoms with Gasteiger partial charge in [0.15, 0.2) is 0 Å². The van der Waals surface area contributed by atoms with Crippen LogP contribution in [0.15, 0.2) is 30.3 Å². The first kappa shape index (κ1) is 15.6. The van der Waals surface area contributed by atoms with Gasteiger partial charge in [0.2, 0.25) is 0 Å². The molecule has 0 N–H and O–H groups in total. The van der Waals surface area contributed by atoms with Crippen LogP contribution < -0.4 is 4.90 Å². The summed E-state index contributed by atoms with van der Waals surface area (Å²) in [6, 6.07) is 8.27. The second-order valence-electron chi connectivity index (χ2n) is 4.97. The normalized spacial score (nSPS) is 15.2. The minimum atomic E-state index is -0.241. The number of halogens is 3. The van der Waals surface area contributed by atoms with Crippen LogP contribution in [-0.4, -0.2) is 37.0 Å². The summed E-state index contributed by atoms with van der Waals surface area (Å²) < 4.78 is 14.7. The summed E-state index contributed by atoms with van der Waals surface area (Å²) >= 11 is 13.1. The SMILES string of the molecule is O=C(c1cc(Cl)sc1Cl)N1CCN(c2ccccc2F)CC1. The van der Waals surface area contributed by atoms with E-state index in [1.807, 2.05) is 11.0 Å². The van der Waals surface area contributed by atoms with Gasteiger partial charge >= 0.3 is 0 Å². The largest absolute Gasteiger partial charge is 0.366 e. The zero-order valence-corrected chi connectivity index (χ0v) is 13.9. The molecule has 2 heterocycles. The van der Waals surface area contributed by atoms with E-state index < -0.39 is 0 Å². The molecule has 1 fully saturated rings. The fraction of sp³-hybridized carbons (Fsp3) is 0.267. The van der Waals surface area contributed by atoms with Gasteiger partial charge < -0.3 is 9.80 Å². The van der Waals surface area contributed by atoms with E-state index in [0.29, 0.717) is 46.1 Å². The molecular formula is C15H13Cl2FN2OS. The van der Waals surface area contributed by atoms with Gasteiger partial charge in [-0.3, -0.25) is 4.79 Å². The minimum absolute atomic E-state index is 0.124. The number of carbonyl (C=O) groups is 1. The van der Waals surface area contributed by atoms with Crippen LogP contribution in [-0.2, 0) is 0 Å². The molecule has 22 heavy (non-hydrogen) atoms. The lowest BCUT2D eigenvalue weighted by Gasteiger charge is -2.36. The molecule has 3 nitrogen and oxygen atoms in total. The Hall–Kier alpha value is -1.30. The molecule has 1 aromatic carbocycles. The van der Waals surface area contributed by atoms with Crippen LogP contribution in [0.4, 0.5) is 10.1 Å². The molecule has 3 rings (SSSR count). The maximum absolute atomic E-state index is 13.8. The topological polar surface area (TPSA) is 23.6 Å². The number of hydrogen-bond acceptors (Lipinski definition) is 3. The third-order valence-electron chi connectivity index (χ3n) is 3.65. The molecule has 0 atom stereocenters. The van der Waals surface area contributed by atoms with Gasteiger partial charge in [0.25, 0.3) is 5.91 Å². The van der Waals surface area contributed by atoms with Gasteiger partial charge in [-0.2, -0.15) is 0 Å². The van der Waals surface area contributed by atoms with E-state index in [0.717, 1.165) is 0 Å². The second kappa shape index (κ2) is 6.44. The molecule has 1 aliphatic rings. The van der Waals surface area contributed by atoms with Gasteiger partial charge in [-0.15, -0.1) is 11.3 Å². The number of amides is 1. The van der Waals surface area contributed by atoms with E-state index in [-0.39, 0.29) is 11.7 Å². The zero-order valence-electron chi connectivity index (χ0n) is 11.6. The maximum atomic E-state index is 13.8. The van der Waals surface area contributed by atoms with Crippen LogP contribution in [0, 0.1) is 5.82 Å². The number of rotatable bonds is 2. The number of carbonyl (C=O) groups excluding carboxylic acids is 1. The monoisotopic (exact) mass is 358 g/mol. The van der Waals surface area contributed by atoms with Crippen LogP contribution in [0.5, 0.6) is 0 Å². The van der Waals surface area contributed by atoms with Crippen molar-refractivity contribution in [3.8, 4) is 0 Å². The summed E-state index contributed by atoms with van der Waals surface area (Å²) in [5.74, 6) is -0.365. The number of nitrogens with zero attached hydrogens (tertiary/aromatic N) is 2. The van der Waals surface area contributed by atoms with Crippen LogP contribution in [0.25, 0.3) is 0 Å². The second-order valence-corrected chi connectivity index (χ2v) is 7.25. The molecule has 0 radical (unpaired) electrons. The number of piperazine rings is 1. The Morgan fingerprint density at radius 3 is 2.41 bits per heavy atom. The van der Waals surface area contributed by atoms with Crippen molar-refractivity contribution in [1.82, 2.24) is 4.90 Å². The van der Waals surface area contributed by atoms with Crippen molar-refractivity contribution in [3.05, 3.63) is 50.4 Å². The molecule has 2 aromatic rings. The molecule has 1 aromatic heterocycles. The van der Waals surface area contributed by atoms with Crippen LogP contribution in [0.3, 0.4) is 0 Å². The molecule has 1 aliphatic heterocycles. The molecule has 7 heteroatoms. The predicted octanol–water partition coefficient (Wildman–Crippen LogP) is 4.16. The van der Waals surface area contributed by atoms with Crippen LogP contribution >= 0.6 is 34.5 Å². The highest BCUT2D eigenvalue weighted by molar-refractivity contribution is 7.20. The molecule has 0 unspecified atom stereocenters. The summed E-state index contributed by atoms with van der Waals surface area (Å²) in [5, 5.41) is 0. The number of para-hydroxylation sites is 1. The molecule has 0 aliphatic carbocycles. The van der Waals surface area contributed by atoms with E-state index in [1.165, 1.54) is 17.4 Å². The Bertz CT molecular complexity index is 699. The Labute approximate surface area is 141 Å². The van der Waals surface area contributed by atoms with Gasteiger partial charge in [-0.05, 0) is 18.2 Å². The molecule has 0 saturated carbocycles. The lowest BCUT2D eigenvalue weighted by atomic mass is 10.2. The molecule has 0 spiro atoms. The van der Waals surface area contributed by atoms with Crippen molar-refractivity contribution in [3.63, 3.8) is 0 Å². The van der Waals surface area contributed by atoms with Crippen molar-refractivity contribution in [2.75, 3.05) is 31.1 Å². The van der Waals surface area contributed by atoms with Crippen molar-refractivity contribution >= 4 is 46.1 Å². The lowest BCUT2D eigenvalue weighted by molar-refractivity contribution is 0.0747. The predicted molar refractivity (Wildman–Crippen MR) is 88.9 cm³/mol. The Morgan fingerprint density at radius 1 is 1.14 bits per heavy atom. The maximum Gasteiger partial charge on any atom is 0.256 e. The zero-order chi connectivity index (χ0) is 15.7. The fourth-order valence-corrected chi connectivity index (χ4v) is 3.96. The van der Waals surface area contributed by atoms with Crippen molar-refractivity contribution < 1.29 is 9.18 Å². The highest BCUT2D eigenvalue weighted by Gasteiger charge is 2.25. The molecule has 1 amide bonds. The number of thiophene rings is 1. The third kappa shape index (κ3) is 3.07.